The van der Waals surface area contributed by atoms with Crippen LogP contribution in [-0.4, -0.2) is 65.3 Å². The first kappa shape index (κ1) is 34.3. The maximum Gasteiger partial charge on any atom is 0.280 e. The molecule has 208 valence electrons. The van der Waals surface area contributed by atoms with Crippen molar-refractivity contribution in [1.29, 1.82) is 0 Å². The van der Waals surface area contributed by atoms with Crippen molar-refractivity contribution in [2.45, 2.75) is 58.5 Å². The predicted molar refractivity (Wildman–Crippen MR) is 156 cm³/mol. The number of aldehydes is 1. The number of piperazine rings is 1. The van der Waals surface area contributed by atoms with Crippen molar-refractivity contribution in [1.82, 2.24) is 24.4 Å². The zero-order chi connectivity index (χ0) is 28.4. The number of methoxy groups -OCH3 is 1. The zero-order valence-electron chi connectivity index (χ0n) is 24.3. The highest BCUT2D eigenvalue weighted by Gasteiger charge is 2.21. The average Bonchev–Trinajstić information content (AvgIpc) is 3.31. The Morgan fingerprint density at radius 2 is 1.57 bits per heavy atom. The van der Waals surface area contributed by atoms with Gasteiger partial charge in [0.1, 0.15) is 0 Å². The van der Waals surface area contributed by atoms with Gasteiger partial charge in [0.2, 0.25) is 5.95 Å². The third-order valence-corrected chi connectivity index (χ3v) is 6.12. The molecule has 1 fully saturated rings. The van der Waals surface area contributed by atoms with Crippen LogP contribution in [0.15, 0.2) is 39.1 Å². The predicted octanol–water partition coefficient (Wildman–Crippen LogP) is 4.77. The number of fused-ring (bicyclic) bond motifs is 1. The topological polar surface area (TPSA) is 94.3 Å². The maximum absolute atomic E-state index is 13.0. The SMILES string of the molecule is CC.CC.CC.CCOC.Cn1c(Sc2ccccc2C=O)nc2nc(N3CCNCC3)n(C)c2c1=O. The number of hydrogen-bond donors (Lipinski definition) is 1. The van der Waals surface area contributed by atoms with Crippen LogP contribution in [-0.2, 0) is 18.8 Å². The van der Waals surface area contributed by atoms with E-state index in [1.165, 1.54) is 16.3 Å². The van der Waals surface area contributed by atoms with E-state index in [1.807, 2.05) is 78.3 Å². The molecule has 37 heavy (non-hydrogen) atoms. The fraction of sp³-hybridized carbons (Fsp3) is 0.556. The molecule has 0 radical (unpaired) electrons. The highest BCUT2D eigenvalue weighted by Crippen LogP contribution is 2.29. The number of nitrogens with one attached hydrogen (secondary N) is 1. The summed E-state index contributed by atoms with van der Waals surface area (Å²) in [6, 6.07) is 7.25. The Morgan fingerprint density at radius 1 is 1.00 bits per heavy atom. The van der Waals surface area contributed by atoms with Crippen LogP contribution >= 0.6 is 11.8 Å². The highest BCUT2D eigenvalue weighted by molar-refractivity contribution is 7.99. The molecular formula is C27H46N6O3S. The van der Waals surface area contributed by atoms with Crippen LogP contribution in [0.3, 0.4) is 0 Å². The van der Waals surface area contributed by atoms with Crippen molar-refractivity contribution in [3.05, 3.63) is 40.2 Å². The summed E-state index contributed by atoms with van der Waals surface area (Å²) in [6.45, 7) is 18.2. The van der Waals surface area contributed by atoms with Gasteiger partial charge in [-0.05, 0) is 13.0 Å². The molecule has 1 saturated heterocycles. The maximum atomic E-state index is 13.0. The van der Waals surface area contributed by atoms with Crippen molar-refractivity contribution >= 4 is 35.2 Å². The minimum atomic E-state index is -0.150. The number of ether oxygens (including phenoxy) is 1. The molecule has 10 heteroatoms. The lowest BCUT2D eigenvalue weighted by molar-refractivity contribution is 0.112. The van der Waals surface area contributed by atoms with E-state index in [9.17, 15) is 9.59 Å². The molecule has 0 amide bonds. The number of nitrogens with zero attached hydrogens (tertiary/aromatic N) is 5. The zero-order valence-corrected chi connectivity index (χ0v) is 25.1. The summed E-state index contributed by atoms with van der Waals surface area (Å²) in [6.07, 6.45) is 0.808. The van der Waals surface area contributed by atoms with Crippen LogP contribution in [0.5, 0.6) is 0 Å². The third-order valence-electron chi connectivity index (χ3n) is 4.98. The van der Waals surface area contributed by atoms with Gasteiger partial charge in [0, 0.05) is 64.4 Å². The lowest BCUT2D eigenvalue weighted by Gasteiger charge is -2.28. The number of hydrogen-bond acceptors (Lipinski definition) is 8. The molecular weight excluding hydrogens is 488 g/mol. The van der Waals surface area contributed by atoms with Gasteiger partial charge in [-0.2, -0.15) is 4.98 Å². The molecule has 9 nitrogen and oxygen atoms in total. The monoisotopic (exact) mass is 534 g/mol. The van der Waals surface area contributed by atoms with Crippen LogP contribution in [0.1, 0.15) is 58.8 Å². The molecule has 0 spiro atoms. The molecule has 0 bridgehead atoms. The van der Waals surface area contributed by atoms with E-state index in [2.05, 4.69) is 24.9 Å². The fourth-order valence-corrected chi connectivity index (χ4v) is 4.14. The van der Waals surface area contributed by atoms with Crippen molar-refractivity contribution in [3.63, 3.8) is 0 Å². The van der Waals surface area contributed by atoms with Gasteiger partial charge in [-0.3, -0.25) is 14.2 Å². The second-order valence-corrected chi connectivity index (χ2v) is 7.98. The van der Waals surface area contributed by atoms with Crippen molar-refractivity contribution < 1.29 is 9.53 Å². The van der Waals surface area contributed by atoms with Gasteiger partial charge in [0.05, 0.1) is 0 Å². The quantitative estimate of drug-likeness (QED) is 0.369. The molecule has 3 aromatic rings. The number of anilines is 1. The number of benzene rings is 1. The molecule has 1 aliphatic rings. The number of imidazole rings is 1. The van der Waals surface area contributed by atoms with Gasteiger partial charge in [0.25, 0.3) is 5.56 Å². The van der Waals surface area contributed by atoms with E-state index in [-0.39, 0.29) is 5.56 Å². The lowest BCUT2D eigenvalue weighted by atomic mass is 10.2. The van der Waals surface area contributed by atoms with E-state index < -0.39 is 0 Å². The summed E-state index contributed by atoms with van der Waals surface area (Å²) in [5.74, 6) is 0.756. The molecule has 0 aliphatic carbocycles. The summed E-state index contributed by atoms with van der Waals surface area (Å²) in [5.41, 5.74) is 1.33. The van der Waals surface area contributed by atoms with Gasteiger partial charge in [-0.25, -0.2) is 4.98 Å². The third kappa shape index (κ3) is 9.28. The van der Waals surface area contributed by atoms with E-state index >= 15 is 0 Å². The molecule has 1 N–H and O–H groups in total. The second-order valence-electron chi connectivity index (χ2n) is 6.97. The Bertz CT molecular complexity index is 1110. The minimum absolute atomic E-state index is 0.150. The van der Waals surface area contributed by atoms with Crippen molar-refractivity contribution in [3.8, 4) is 0 Å². The Balaban J connectivity index is 0.00000114. The molecule has 4 rings (SSSR count). The second kappa shape index (κ2) is 19.4. The van der Waals surface area contributed by atoms with Crippen molar-refractivity contribution in [2.75, 3.05) is 44.8 Å². The van der Waals surface area contributed by atoms with Gasteiger partial charge < -0.3 is 19.5 Å². The summed E-state index contributed by atoms with van der Waals surface area (Å²) in [4.78, 5) is 36.4. The number of aromatic nitrogens is 4. The number of carbonyl (C=O) groups is 1. The number of carbonyl (C=O) groups excluding carboxylic acids is 1. The normalized spacial score (nSPS) is 12.0. The minimum Gasteiger partial charge on any atom is -0.385 e. The van der Waals surface area contributed by atoms with E-state index in [1.54, 1.807) is 20.2 Å². The van der Waals surface area contributed by atoms with Gasteiger partial charge in [-0.1, -0.05) is 71.5 Å². The summed E-state index contributed by atoms with van der Waals surface area (Å²) >= 11 is 1.29. The molecule has 2 aromatic heterocycles. The average molecular weight is 535 g/mol. The summed E-state index contributed by atoms with van der Waals surface area (Å²) < 4.78 is 7.88. The first-order valence-corrected chi connectivity index (χ1v) is 13.9. The highest BCUT2D eigenvalue weighted by atomic mass is 32.2. The van der Waals surface area contributed by atoms with Crippen LogP contribution in [0.25, 0.3) is 11.2 Å². The van der Waals surface area contributed by atoms with Crippen LogP contribution in [0, 0.1) is 0 Å². The van der Waals surface area contributed by atoms with Gasteiger partial charge in [0.15, 0.2) is 22.6 Å². The number of aryl methyl sites for hydroxylation is 1. The largest absolute Gasteiger partial charge is 0.385 e. The smallest absolute Gasteiger partial charge is 0.280 e. The fourth-order valence-electron chi connectivity index (χ4n) is 3.21. The van der Waals surface area contributed by atoms with Crippen LogP contribution in [0.4, 0.5) is 5.95 Å². The Morgan fingerprint density at radius 3 is 2.11 bits per heavy atom. The first-order valence-electron chi connectivity index (χ1n) is 13.1. The summed E-state index contributed by atoms with van der Waals surface area (Å²) in [7, 11) is 5.22. The van der Waals surface area contributed by atoms with Gasteiger partial charge >= 0.3 is 0 Å². The van der Waals surface area contributed by atoms with Crippen molar-refractivity contribution in [2.24, 2.45) is 14.1 Å². The summed E-state index contributed by atoms with van der Waals surface area (Å²) in [5, 5.41) is 3.82. The standard InChI is InChI=1S/C18H20N6O2S.C3H8O.3C2H6/c1-22-14-15(20-17(22)24-9-7-19-8-10-24)21-18(23(2)16(14)26)27-13-6-4-3-5-12(13)11-25;1-3-4-2;3*1-2/h3-6,11,19H,7-10H2,1-2H3;3H2,1-2H3;3*1-2H3. The molecule has 0 saturated carbocycles. The van der Waals surface area contributed by atoms with Gasteiger partial charge in [-0.15, -0.1) is 0 Å². The Kier molecular flexibility index (Phi) is 18.0. The number of rotatable bonds is 5. The van der Waals surface area contributed by atoms with E-state index in [0.717, 1.165) is 49.9 Å². The molecule has 1 aromatic carbocycles. The first-order chi connectivity index (χ1) is 18.0. The lowest BCUT2D eigenvalue weighted by Crippen LogP contribution is -2.44. The van der Waals surface area contributed by atoms with E-state index in [0.29, 0.717) is 21.9 Å². The molecule has 0 unspecified atom stereocenters. The Labute approximate surface area is 226 Å². The van der Waals surface area contributed by atoms with Crippen LogP contribution in [0.2, 0.25) is 0 Å². The van der Waals surface area contributed by atoms with E-state index in [4.69, 9.17) is 0 Å². The molecule has 1 aliphatic heterocycles. The molecule has 0 atom stereocenters. The molecule has 3 heterocycles. The van der Waals surface area contributed by atoms with Crippen LogP contribution < -0.4 is 15.8 Å². The Hall–Kier alpha value is -2.69.